The number of nitrogens with zero attached hydrogens (tertiary/aromatic N) is 3. The fourth-order valence-corrected chi connectivity index (χ4v) is 8.23. The zero-order valence-electron chi connectivity index (χ0n) is 34.4. The minimum Gasteiger partial charge on any atom is -0.507 e. The van der Waals surface area contributed by atoms with E-state index < -0.39 is 17.9 Å². The van der Waals surface area contributed by atoms with E-state index in [0.717, 1.165) is 81.3 Å². The van der Waals surface area contributed by atoms with Crippen LogP contribution in [0.4, 0.5) is 11.4 Å². The van der Waals surface area contributed by atoms with Gasteiger partial charge in [-0.05, 0) is 106 Å². The Bertz CT molecular complexity index is 1900. The molecule has 4 aliphatic rings. The molecule has 1 saturated carbocycles. The van der Waals surface area contributed by atoms with Gasteiger partial charge in [-0.25, -0.2) is 0 Å². The summed E-state index contributed by atoms with van der Waals surface area (Å²) in [5, 5.41) is 20.1. The highest BCUT2D eigenvalue weighted by Gasteiger charge is 2.44. The minimum atomic E-state index is -0.798. The molecule has 1 saturated heterocycles. The summed E-state index contributed by atoms with van der Waals surface area (Å²) in [4.78, 5) is 56.4. The normalized spacial score (nSPS) is 21.1. The molecule has 2 aliphatic carbocycles. The van der Waals surface area contributed by atoms with Gasteiger partial charge < -0.3 is 30.9 Å². The van der Waals surface area contributed by atoms with Crippen LogP contribution in [0.1, 0.15) is 110 Å². The molecule has 2 unspecified atom stereocenters. The average molecular weight is 791 g/mol. The SMILES string of the molecule is C=C1CCC(N2C(=O)c3ccc(NCCCCCCCCNCCc4ccc(N(CCN(C)/C=C/C(O)=C5\C=CCCC5=O)C5C[C@@H]5CC)cc4)cc3C2=O)C(=O)N1. The molecule has 2 heterocycles. The van der Waals surface area contributed by atoms with Crippen LogP contribution >= 0.6 is 0 Å². The number of carbonyl (C=O) groups is 4. The fraction of sp³-hybridized carbons (Fsp3) is 0.489. The molecule has 2 aromatic carbocycles. The van der Waals surface area contributed by atoms with Crippen molar-refractivity contribution in [3.05, 3.63) is 107 Å². The molecule has 4 N–H and O–H groups in total. The molecule has 58 heavy (non-hydrogen) atoms. The number of Topliss-reactive ketones (excluding diaryl/α,β-unsaturated/α-hetero) is 1. The van der Waals surface area contributed by atoms with Crippen LogP contribution in [0.25, 0.3) is 0 Å². The number of benzene rings is 2. The number of piperidine rings is 1. The first-order chi connectivity index (χ1) is 28.1. The Balaban J connectivity index is 0.821. The van der Waals surface area contributed by atoms with E-state index in [0.29, 0.717) is 47.7 Å². The van der Waals surface area contributed by atoms with Crippen LogP contribution in [0.15, 0.2) is 90.5 Å². The third kappa shape index (κ3) is 11.1. The summed E-state index contributed by atoms with van der Waals surface area (Å²) in [6.07, 6.45) is 19.6. The summed E-state index contributed by atoms with van der Waals surface area (Å²) in [6.45, 7) is 10.5. The third-order valence-electron chi connectivity index (χ3n) is 11.9. The predicted molar refractivity (Wildman–Crippen MR) is 231 cm³/mol. The fourth-order valence-electron chi connectivity index (χ4n) is 8.23. The average Bonchev–Trinajstić information content (AvgIpc) is 3.96. The van der Waals surface area contributed by atoms with Gasteiger partial charge in [-0.2, -0.15) is 0 Å². The van der Waals surface area contributed by atoms with Gasteiger partial charge in [0, 0.05) is 62.4 Å². The number of amides is 3. The number of aliphatic hydroxyl groups is 1. The number of hydrogen-bond donors (Lipinski definition) is 4. The van der Waals surface area contributed by atoms with Crippen LogP contribution in [0, 0.1) is 5.92 Å². The molecule has 2 fully saturated rings. The first-order valence-corrected chi connectivity index (χ1v) is 21.5. The number of carbonyl (C=O) groups excluding carboxylic acids is 4. The molecule has 11 nitrogen and oxygen atoms in total. The second kappa shape index (κ2) is 20.5. The van der Waals surface area contributed by atoms with Crippen molar-refractivity contribution in [2.75, 3.05) is 50.0 Å². The van der Waals surface area contributed by atoms with E-state index in [-0.39, 0.29) is 17.4 Å². The predicted octanol–water partition coefficient (Wildman–Crippen LogP) is 7.44. The van der Waals surface area contributed by atoms with E-state index >= 15 is 0 Å². The van der Waals surface area contributed by atoms with E-state index in [2.05, 4.69) is 63.5 Å². The van der Waals surface area contributed by atoms with E-state index in [4.69, 9.17) is 0 Å². The number of nitrogens with one attached hydrogen (secondary N) is 3. The summed E-state index contributed by atoms with van der Waals surface area (Å²) < 4.78 is 0. The second-order valence-electron chi connectivity index (χ2n) is 16.2. The van der Waals surface area contributed by atoms with Crippen molar-refractivity contribution in [2.45, 2.75) is 102 Å². The summed E-state index contributed by atoms with van der Waals surface area (Å²) in [7, 11) is 2.01. The summed E-state index contributed by atoms with van der Waals surface area (Å²) >= 11 is 0. The third-order valence-corrected chi connectivity index (χ3v) is 11.9. The van der Waals surface area contributed by atoms with Gasteiger partial charge >= 0.3 is 0 Å². The largest absolute Gasteiger partial charge is 0.507 e. The Morgan fingerprint density at radius 1 is 0.931 bits per heavy atom. The van der Waals surface area contributed by atoms with E-state index in [1.54, 1.807) is 24.3 Å². The van der Waals surface area contributed by atoms with Crippen molar-refractivity contribution >= 4 is 34.9 Å². The lowest BCUT2D eigenvalue weighted by Gasteiger charge is -2.29. The van der Waals surface area contributed by atoms with Gasteiger partial charge in [-0.15, -0.1) is 0 Å². The second-order valence-corrected chi connectivity index (χ2v) is 16.2. The maximum Gasteiger partial charge on any atom is 0.262 e. The summed E-state index contributed by atoms with van der Waals surface area (Å²) in [5.74, 6) is -0.410. The minimum absolute atomic E-state index is 0.00599. The zero-order valence-corrected chi connectivity index (χ0v) is 34.4. The lowest BCUT2D eigenvalue weighted by Crippen LogP contribution is -2.51. The Morgan fingerprint density at radius 2 is 1.67 bits per heavy atom. The number of ketones is 1. The number of rotatable bonds is 22. The maximum absolute atomic E-state index is 13.1. The number of anilines is 2. The number of hydrogen-bond acceptors (Lipinski definition) is 9. The number of imide groups is 1. The van der Waals surface area contributed by atoms with Crippen LogP contribution in [0.3, 0.4) is 0 Å². The number of fused-ring (bicyclic) bond motifs is 1. The number of allylic oxidation sites excluding steroid dienone is 5. The Labute approximate surface area is 344 Å². The molecule has 0 spiro atoms. The molecular formula is C47H62N6O5. The van der Waals surface area contributed by atoms with Gasteiger partial charge in [-0.3, -0.25) is 24.1 Å². The van der Waals surface area contributed by atoms with Gasteiger partial charge in [0.1, 0.15) is 11.8 Å². The monoisotopic (exact) mass is 790 g/mol. The number of likely N-dealkylation sites (N-methyl/N-ethyl adjacent to an activating group) is 1. The molecule has 3 amide bonds. The van der Waals surface area contributed by atoms with Gasteiger partial charge in [0.2, 0.25) is 5.91 Å². The first kappa shape index (κ1) is 42.4. The van der Waals surface area contributed by atoms with Crippen molar-refractivity contribution in [3.8, 4) is 0 Å². The van der Waals surface area contributed by atoms with Crippen LogP contribution in [-0.2, 0) is 16.0 Å². The van der Waals surface area contributed by atoms with Crippen molar-refractivity contribution in [2.24, 2.45) is 5.92 Å². The van der Waals surface area contributed by atoms with Crippen molar-refractivity contribution < 1.29 is 24.3 Å². The van der Waals surface area contributed by atoms with Crippen LogP contribution in [0.2, 0.25) is 0 Å². The van der Waals surface area contributed by atoms with E-state index in [1.165, 1.54) is 43.4 Å². The molecule has 310 valence electrons. The summed E-state index contributed by atoms with van der Waals surface area (Å²) in [6, 6.07) is 14.1. The summed E-state index contributed by atoms with van der Waals surface area (Å²) in [5.41, 5.74) is 5.12. The van der Waals surface area contributed by atoms with Crippen molar-refractivity contribution in [1.82, 2.24) is 20.4 Å². The van der Waals surface area contributed by atoms with Gasteiger partial charge in [-0.1, -0.05) is 69.9 Å². The number of unbranched alkanes of at least 4 members (excludes halogenated alkanes) is 5. The maximum atomic E-state index is 13.1. The molecule has 0 bridgehead atoms. The highest BCUT2D eigenvalue weighted by Crippen LogP contribution is 2.40. The van der Waals surface area contributed by atoms with E-state index in [9.17, 15) is 24.3 Å². The van der Waals surface area contributed by atoms with Gasteiger partial charge in [0.15, 0.2) is 5.78 Å². The molecule has 0 radical (unpaired) electrons. The van der Waals surface area contributed by atoms with Crippen molar-refractivity contribution in [3.63, 3.8) is 0 Å². The standard InChI is InChI=1S/C47H62N6O5/c1-4-35-31-42(35)52(30-29-51(3)28-24-44(55)39-13-9-10-14-43(39)54)37-19-16-34(17-20-37)23-27-48-25-11-7-5-6-8-12-26-49-36-18-21-38-40(32-36)47(58)53(46(38)57)41-22-15-33(2)50-45(41)56/h9,13,16-21,24,28,32,35,41-42,48-49,55H,2,4-8,10-12,14-15,22-23,25-27,29-31H2,1,3H3,(H,50,56)/b28-24+,44-39-/t35-,41?,42?/m0/s1. The highest BCUT2D eigenvalue weighted by molar-refractivity contribution is 6.23. The topological polar surface area (TPSA) is 134 Å². The van der Waals surface area contributed by atoms with Crippen LogP contribution in [0.5, 0.6) is 0 Å². The lowest BCUT2D eigenvalue weighted by atomic mass is 9.99. The van der Waals surface area contributed by atoms with Crippen LogP contribution in [-0.4, -0.2) is 90.3 Å². The molecule has 2 aliphatic heterocycles. The zero-order chi connectivity index (χ0) is 41.0. The first-order valence-electron chi connectivity index (χ1n) is 21.5. The molecule has 3 atom stereocenters. The Hall–Kier alpha value is -5.16. The smallest absolute Gasteiger partial charge is 0.262 e. The molecular weight excluding hydrogens is 729 g/mol. The molecule has 0 aromatic heterocycles. The molecule has 6 rings (SSSR count). The molecule has 2 aromatic rings. The van der Waals surface area contributed by atoms with Gasteiger partial charge in [0.05, 0.1) is 16.7 Å². The highest BCUT2D eigenvalue weighted by atomic mass is 16.3. The van der Waals surface area contributed by atoms with Crippen LogP contribution < -0.4 is 20.9 Å². The molecule has 11 heteroatoms. The quantitative estimate of drug-likeness (QED) is 0.0416. The van der Waals surface area contributed by atoms with E-state index in [1.807, 2.05) is 25.4 Å². The van der Waals surface area contributed by atoms with Crippen molar-refractivity contribution in [1.29, 1.82) is 0 Å². The van der Waals surface area contributed by atoms with Gasteiger partial charge in [0.25, 0.3) is 11.8 Å². The Kier molecular flexibility index (Phi) is 15.0. The number of aliphatic hydroxyl groups excluding tert-OH is 1. The lowest BCUT2D eigenvalue weighted by molar-refractivity contribution is -0.125. The Morgan fingerprint density at radius 3 is 2.40 bits per heavy atom.